The minimum atomic E-state index is -1.55. The van der Waals surface area contributed by atoms with Crippen LogP contribution in [0, 0.1) is 0 Å². The molecule has 2 aromatic heterocycles. The Balaban J connectivity index is 1.64. The Morgan fingerprint density at radius 2 is 1.54 bits per heavy atom. The summed E-state index contributed by atoms with van der Waals surface area (Å²) in [4.78, 5) is 85.2. The third kappa shape index (κ3) is 8.70. The van der Waals surface area contributed by atoms with Crippen LogP contribution in [0.4, 0.5) is 11.8 Å². The molecule has 216 valence electrons. The normalized spacial score (nSPS) is 12.2. The van der Waals surface area contributed by atoms with Crippen molar-refractivity contribution < 1.29 is 39.3 Å². The number of benzene rings is 1. The molecule has 0 fully saturated rings. The maximum Gasteiger partial charge on any atom is 0.326 e. The largest absolute Gasteiger partial charge is 0.481 e. The summed E-state index contributed by atoms with van der Waals surface area (Å²) in [6, 6.07) is 3.17. The number of carbonyl (C=O) groups excluding carboxylic acids is 2. The third-order valence-corrected chi connectivity index (χ3v) is 5.66. The van der Waals surface area contributed by atoms with E-state index in [1.54, 1.807) is 12.1 Å². The number of aromatic nitrogens is 4. The molecule has 17 nitrogen and oxygen atoms in total. The summed E-state index contributed by atoms with van der Waals surface area (Å²) < 4.78 is 0. The van der Waals surface area contributed by atoms with Crippen LogP contribution < -0.4 is 27.2 Å². The Labute approximate surface area is 230 Å². The molecule has 0 saturated carbocycles. The van der Waals surface area contributed by atoms with Gasteiger partial charge in [-0.25, -0.2) is 14.8 Å². The Hall–Kier alpha value is -5.61. The van der Waals surface area contributed by atoms with Gasteiger partial charge in [0.15, 0.2) is 11.2 Å². The molecule has 2 atom stereocenters. The standard InChI is InChI=1S/C24H26N8O9/c25-24-31-19-18(22(39)32-24)30-15(10-27-19)26-9-11-1-3-12(4-2-11)20(37)28-13(5-7-16(33)34)21(38)29-14(23(40)41)6-8-17(35)36/h1-4,10,13-14H,5-9H2,(H,26,30)(H,28,37)(H,29,38)(H,33,34)(H,35,36)(H,40,41)(H3,25,27,31,32,39)/t13-,14-/m0/s1. The van der Waals surface area contributed by atoms with Gasteiger partial charge >= 0.3 is 17.9 Å². The fraction of sp³-hybridized carbons (Fsp3) is 0.292. The van der Waals surface area contributed by atoms with Crippen molar-refractivity contribution in [3.8, 4) is 0 Å². The van der Waals surface area contributed by atoms with Crippen molar-refractivity contribution in [2.45, 2.75) is 44.3 Å². The fourth-order valence-corrected chi connectivity index (χ4v) is 3.56. The molecule has 0 aliphatic rings. The summed E-state index contributed by atoms with van der Waals surface area (Å²) in [7, 11) is 0. The molecule has 0 saturated heterocycles. The van der Waals surface area contributed by atoms with E-state index >= 15 is 0 Å². The number of H-pyrrole nitrogens is 1. The van der Waals surface area contributed by atoms with Gasteiger partial charge in [0.1, 0.15) is 17.9 Å². The zero-order chi connectivity index (χ0) is 30.1. The molecule has 9 N–H and O–H groups in total. The molecule has 0 bridgehead atoms. The van der Waals surface area contributed by atoms with Crippen LogP contribution in [0.5, 0.6) is 0 Å². The average Bonchev–Trinajstić information content (AvgIpc) is 2.91. The predicted molar refractivity (Wildman–Crippen MR) is 141 cm³/mol. The summed E-state index contributed by atoms with van der Waals surface area (Å²) in [6.45, 7) is 0.235. The number of aliphatic carboxylic acids is 3. The van der Waals surface area contributed by atoms with Crippen LogP contribution in [0.2, 0.25) is 0 Å². The second kappa shape index (κ2) is 13.5. The van der Waals surface area contributed by atoms with E-state index in [1.807, 2.05) is 0 Å². The molecule has 0 aliphatic carbocycles. The Kier molecular flexibility index (Phi) is 9.82. The number of fused-ring (bicyclic) bond motifs is 1. The maximum absolute atomic E-state index is 12.8. The van der Waals surface area contributed by atoms with Crippen molar-refractivity contribution in [2.24, 2.45) is 0 Å². The molecular weight excluding hydrogens is 544 g/mol. The van der Waals surface area contributed by atoms with E-state index in [4.69, 9.17) is 15.9 Å². The summed E-state index contributed by atoms with van der Waals surface area (Å²) in [5.74, 6) is -5.47. The molecule has 0 aliphatic heterocycles. The Morgan fingerprint density at radius 3 is 2.15 bits per heavy atom. The lowest BCUT2D eigenvalue weighted by molar-refractivity contribution is -0.143. The van der Waals surface area contributed by atoms with Crippen molar-refractivity contribution in [1.82, 2.24) is 30.6 Å². The van der Waals surface area contributed by atoms with Crippen LogP contribution in [-0.4, -0.2) is 77.1 Å². The van der Waals surface area contributed by atoms with E-state index in [9.17, 15) is 33.9 Å². The Morgan fingerprint density at radius 1 is 0.902 bits per heavy atom. The zero-order valence-electron chi connectivity index (χ0n) is 21.3. The number of nitrogen functional groups attached to an aromatic ring is 1. The number of nitrogens with two attached hydrogens (primary N) is 1. The lowest BCUT2D eigenvalue weighted by Crippen LogP contribution is -2.51. The molecule has 2 heterocycles. The number of nitrogens with one attached hydrogen (secondary N) is 4. The van der Waals surface area contributed by atoms with Crippen LogP contribution in [0.1, 0.15) is 41.6 Å². The van der Waals surface area contributed by atoms with E-state index < -0.39 is 66.6 Å². The van der Waals surface area contributed by atoms with Crippen molar-refractivity contribution in [1.29, 1.82) is 0 Å². The minimum Gasteiger partial charge on any atom is -0.481 e. The van der Waals surface area contributed by atoms with Crippen molar-refractivity contribution in [2.75, 3.05) is 11.1 Å². The molecule has 0 unspecified atom stereocenters. The first-order valence-electron chi connectivity index (χ1n) is 12.1. The van der Waals surface area contributed by atoms with Crippen molar-refractivity contribution in [3.63, 3.8) is 0 Å². The summed E-state index contributed by atoms with van der Waals surface area (Å²) in [5, 5.41) is 34.6. The zero-order valence-corrected chi connectivity index (χ0v) is 21.3. The van der Waals surface area contributed by atoms with E-state index in [1.165, 1.54) is 18.3 Å². The summed E-state index contributed by atoms with van der Waals surface area (Å²) >= 11 is 0. The molecular formula is C24H26N8O9. The first-order chi connectivity index (χ1) is 19.4. The van der Waals surface area contributed by atoms with Gasteiger partial charge in [0, 0.05) is 24.9 Å². The van der Waals surface area contributed by atoms with Crippen LogP contribution in [0.3, 0.4) is 0 Å². The topological polar surface area (TPSA) is 280 Å². The van der Waals surface area contributed by atoms with E-state index in [0.717, 1.165) is 0 Å². The van der Waals surface area contributed by atoms with Gasteiger partial charge in [-0.15, -0.1) is 0 Å². The number of carbonyl (C=O) groups is 5. The van der Waals surface area contributed by atoms with E-state index in [2.05, 4.69) is 35.9 Å². The predicted octanol–water partition coefficient (Wildman–Crippen LogP) is -0.695. The molecule has 1 aromatic carbocycles. The second-order valence-electron chi connectivity index (χ2n) is 8.72. The van der Waals surface area contributed by atoms with Gasteiger partial charge in [0.05, 0.1) is 6.20 Å². The molecule has 0 spiro atoms. The van der Waals surface area contributed by atoms with E-state index in [-0.39, 0.29) is 41.5 Å². The van der Waals surface area contributed by atoms with Gasteiger partial charge in [-0.2, -0.15) is 4.98 Å². The quantitative estimate of drug-likeness (QED) is 0.119. The number of amides is 2. The molecule has 2 amide bonds. The highest BCUT2D eigenvalue weighted by Crippen LogP contribution is 2.11. The number of carboxylic acid groups (broad SMARTS) is 3. The highest BCUT2D eigenvalue weighted by atomic mass is 16.4. The molecule has 3 rings (SSSR count). The summed E-state index contributed by atoms with van der Waals surface area (Å²) in [6.07, 6.45) is -0.392. The highest BCUT2D eigenvalue weighted by molar-refractivity contribution is 5.98. The van der Waals surface area contributed by atoms with Crippen molar-refractivity contribution in [3.05, 3.63) is 51.9 Å². The van der Waals surface area contributed by atoms with Crippen LogP contribution in [0.25, 0.3) is 11.2 Å². The average molecular weight is 571 g/mol. The van der Waals surface area contributed by atoms with Crippen LogP contribution in [-0.2, 0) is 25.7 Å². The van der Waals surface area contributed by atoms with Gasteiger partial charge in [-0.1, -0.05) is 12.1 Å². The number of hydrogen-bond donors (Lipinski definition) is 8. The molecule has 3 aromatic rings. The minimum absolute atomic E-state index is 0.00531. The molecule has 0 radical (unpaired) electrons. The van der Waals surface area contributed by atoms with Gasteiger partial charge in [0.25, 0.3) is 11.5 Å². The van der Waals surface area contributed by atoms with Crippen LogP contribution in [0.15, 0.2) is 35.3 Å². The second-order valence-corrected chi connectivity index (χ2v) is 8.72. The number of carboxylic acids is 3. The maximum atomic E-state index is 12.8. The van der Waals surface area contributed by atoms with Gasteiger partial charge in [0.2, 0.25) is 11.9 Å². The molecule has 17 heteroatoms. The Bertz CT molecular complexity index is 1520. The SMILES string of the molecule is Nc1nc2ncc(NCc3ccc(C(=O)N[C@@H](CCC(=O)O)C(=O)N[C@@H](CCC(=O)O)C(=O)O)cc3)nc2c(=O)[nH]1. The lowest BCUT2D eigenvalue weighted by Gasteiger charge is -2.21. The van der Waals surface area contributed by atoms with E-state index in [0.29, 0.717) is 5.56 Å². The number of anilines is 2. The molecule has 41 heavy (non-hydrogen) atoms. The van der Waals surface area contributed by atoms with Crippen molar-refractivity contribution >= 4 is 52.7 Å². The summed E-state index contributed by atoms with van der Waals surface area (Å²) in [5.41, 5.74) is 5.85. The third-order valence-electron chi connectivity index (χ3n) is 5.66. The van der Waals surface area contributed by atoms with Gasteiger partial charge in [-0.05, 0) is 30.5 Å². The number of nitrogens with zero attached hydrogens (tertiary/aromatic N) is 3. The highest BCUT2D eigenvalue weighted by Gasteiger charge is 2.27. The lowest BCUT2D eigenvalue weighted by atomic mass is 10.1. The number of aromatic amines is 1. The van der Waals surface area contributed by atoms with Gasteiger partial charge < -0.3 is 37.0 Å². The number of rotatable bonds is 14. The van der Waals surface area contributed by atoms with Crippen LogP contribution >= 0.6 is 0 Å². The first kappa shape index (κ1) is 29.9. The van der Waals surface area contributed by atoms with Gasteiger partial charge in [-0.3, -0.25) is 29.0 Å². The monoisotopic (exact) mass is 570 g/mol. The fourth-order valence-electron chi connectivity index (χ4n) is 3.56. The first-order valence-corrected chi connectivity index (χ1v) is 12.1. The smallest absolute Gasteiger partial charge is 0.326 e. The number of hydrogen-bond acceptors (Lipinski definition) is 11.